The van der Waals surface area contributed by atoms with E-state index in [1.54, 1.807) is 36.4 Å². The van der Waals surface area contributed by atoms with Crippen LogP contribution < -0.4 is 10.6 Å². The molecule has 0 bridgehead atoms. The van der Waals surface area contributed by atoms with Crippen LogP contribution in [0, 0.1) is 33.5 Å². The van der Waals surface area contributed by atoms with Crippen molar-refractivity contribution < 1.29 is 14.3 Å². The number of rotatable bonds is 6. The van der Waals surface area contributed by atoms with Crippen molar-refractivity contribution in [2.24, 2.45) is 10.8 Å². The van der Waals surface area contributed by atoms with E-state index in [4.69, 9.17) is 4.74 Å². The summed E-state index contributed by atoms with van der Waals surface area (Å²) >= 11 is 0. The van der Waals surface area contributed by atoms with Crippen LogP contribution in [0.1, 0.15) is 63.8 Å². The van der Waals surface area contributed by atoms with Crippen LogP contribution in [-0.4, -0.2) is 11.8 Å². The van der Waals surface area contributed by atoms with E-state index < -0.39 is 10.8 Å². The number of benzene rings is 2. The second-order valence-electron chi connectivity index (χ2n) is 9.87. The Hall–Kier alpha value is -3.68. The molecule has 0 aliphatic heterocycles. The Morgan fingerprint density at radius 3 is 1.42 bits per heavy atom. The Morgan fingerprint density at radius 1 is 0.758 bits per heavy atom. The van der Waals surface area contributed by atoms with E-state index in [0.29, 0.717) is 22.5 Å². The summed E-state index contributed by atoms with van der Waals surface area (Å²) in [4.78, 5) is 24.9. The molecule has 2 amide bonds. The van der Waals surface area contributed by atoms with Crippen molar-refractivity contribution in [1.82, 2.24) is 0 Å². The van der Waals surface area contributed by atoms with E-state index in [9.17, 15) is 20.1 Å². The minimum Gasteiger partial charge on any atom is -0.372 e. The molecule has 2 rings (SSSR count). The Balaban J connectivity index is 2.21. The molecule has 0 spiro atoms. The first-order valence-electron chi connectivity index (χ1n) is 10.6. The topological polar surface area (TPSA) is 115 Å². The molecule has 0 aliphatic carbocycles. The minimum absolute atomic E-state index is 0.168. The average molecular weight is 447 g/mol. The molecule has 0 radical (unpaired) electrons. The lowest BCUT2D eigenvalue weighted by atomic mass is 9.95. The van der Waals surface area contributed by atoms with Gasteiger partial charge in [0.05, 0.1) is 36.5 Å². The molecule has 2 N–H and O–H groups in total. The summed E-state index contributed by atoms with van der Waals surface area (Å²) in [5.74, 6) is -0.337. The number of anilines is 2. The highest BCUT2D eigenvalue weighted by Gasteiger charge is 2.23. The van der Waals surface area contributed by atoms with E-state index in [-0.39, 0.29) is 25.0 Å². The Morgan fingerprint density at radius 2 is 1.12 bits per heavy atom. The monoisotopic (exact) mass is 446 g/mol. The largest absolute Gasteiger partial charge is 0.372 e. The van der Waals surface area contributed by atoms with Crippen LogP contribution in [0.2, 0.25) is 0 Å². The third-order valence-electron chi connectivity index (χ3n) is 4.85. The molecule has 2 aromatic carbocycles. The van der Waals surface area contributed by atoms with Crippen molar-refractivity contribution in [3.8, 4) is 12.1 Å². The van der Waals surface area contributed by atoms with Crippen LogP contribution in [-0.2, 0) is 27.5 Å². The molecule has 172 valence electrons. The van der Waals surface area contributed by atoms with E-state index in [2.05, 4.69) is 22.8 Å². The molecule has 0 aliphatic rings. The van der Waals surface area contributed by atoms with Crippen LogP contribution >= 0.6 is 0 Å². The fourth-order valence-electron chi connectivity index (χ4n) is 2.67. The van der Waals surface area contributed by atoms with Crippen molar-refractivity contribution in [2.75, 3.05) is 10.6 Å². The maximum atomic E-state index is 12.5. The van der Waals surface area contributed by atoms with Gasteiger partial charge in [-0.15, -0.1) is 0 Å². The highest BCUT2D eigenvalue weighted by atomic mass is 16.5. The van der Waals surface area contributed by atoms with Crippen LogP contribution in [0.25, 0.3) is 0 Å². The summed E-state index contributed by atoms with van der Waals surface area (Å²) in [6, 6.07) is 14.2. The van der Waals surface area contributed by atoms with Gasteiger partial charge in [-0.2, -0.15) is 10.5 Å². The normalized spacial score (nSPS) is 11.3. The fourth-order valence-corrected chi connectivity index (χ4v) is 2.67. The van der Waals surface area contributed by atoms with Crippen LogP contribution in [0.15, 0.2) is 36.4 Å². The third-order valence-corrected chi connectivity index (χ3v) is 4.85. The summed E-state index contributed by atoms with van der Waals surface area (Å²) in [6.45, 7) is 11.2. The lowest BCUT2D eigenvalue weighted by Crippen LogP contribution is -2.28. The smallest absolute Gasteiger partial charge is 0.229 e. The van der Waals surface area contributed by atoms with Gasteiger partial charge < -0.3 is 15.4 Å². The van der Waals surface area contributed by atoms with Gasteiger partial charge in [0.25, 0.3) is 0 Å². The zero-order valence-electron chi connectivity index (χ0n) is 20.0. The lowest BCUT2D eigenvalue weighted by Gasteiger charge is -2.20. The van der Waals surface area contributed by atoms with Gasteiger partial charge in [0.15, 0.2) is 0 Å². The Bertz CT molecular complexity index is 1040. The summed E-state index contributed by atoms with van der Waals surface area (Å²) in [5, 5.41) is 24.2. The summed E-state index contributed by atoms with van der Waals surface area (Å²) < 4.78 is 5.90. The summed E-state index contributed by atoms with van der Waals surface area (Å²) in [6.07, 6.45) is 0. The standard InChI is InChI=1S/C26H30N4O3/c1-25(2,3)23(31)29-21-11-17(13-27)7-9-19(21)15-33-16-20-10-8-18(14-28)12-22(20)30-24(32)26(4,5)6/h7-12H,15-16H2,1-6H3,(H,29,31)(H,30,32). The molecule has 0 aromatic heterocycles. The maximum Gasteiger partial charge on any atom is 0.229 e. The molecule has 2 aromatic rings. The fraction of sp³-hybridized carbons (Fsp3) is 0.385. The van der Waals surface area contributed by atoms with Crippen molar-refractivity contribution in [2.45, 2.75) is 54.8 Å². The number of carbonyl (C=O) groups is 2. The van der Waals surface area contributed by atoms with Gasteiger partial charge in [-0.05, 0) is 24.3 Å². The molecule has 0 fully saturated rings. The second kappa shape index (κ2) is 10.3. The van der Waals surface area contributed by atoms with Gasteiger partial charge in [-0.1, -0.05) is 53.7 Å². The van der Waals surface area contributed by atoms with Gasteiger partial charge in [-0.25, -0.2) is 0 Å². The molecule has 33 heavy (non-hydrogen) atoms. The average Bonchev–Trinajstić information content (AvgIpc) is 2.74. The highest BCUT2D eigenvalue weighted by Crippen LogP contribution is 2.25. The number of hydrogen-bond acceptors (Lipinski definition) is 5. The van der Waals surface area contributed by atoms with Crippen molar-refractivity contribution >= 4 is 23.2 Å². The first-order valence-corrected chi connectivity index (χ1v) is 10.6. The highest BCUT2D eigenvalue weighted by molar-refractivity contribution is 5.96. The first kappa shape index (κ1) is 25.6. The maximum absolute atomic E-state index is 12.5. The van der Waals surface area contributed by atoms with Gasteiger partial charge in [0, 0.05) is 33.3 Å². The van der Waals surface area contributed by atoms with Crippen LogP contribution in [0.5, 0.6) is 0 Å². The predicted octanol–water partition coefficient (Wildman–Crippen LogP) is 5.12. The van der Waals surface area contributed by atoms with E-state index in [1.807, 2.05) is 41.5 Å². The lowest BCUT2D eigenvalue weighted by molar-refractivity contribution is -0.123. The van der Waals surface area contributed by atoms with Gasteiger partial charge in [-0.3, -0.25) is 9.59 Å². The molecule has 0 saturated carbocycles. The Kier molecular flexibility index (Phi) is 7.98. The predicted molar refractivity (Wildman–Crippen MR) is 127 cm³/mol. The third kappa shape index (κ3) is 7.17. The van der Waals surface area contributed by atoms with Gasteiger partial charge >= 0.3 is 0 Å². The number of nitrogens with one attached hydrogen (secondary N) is 2. The van der Waals surface area contributed by atoms with Crippen LogP contribution in [0.3, 0.4) is 0 Å². The molecular formula is C26H30N4O3. The van der Waals surface area contributed by atoms with Crippen LogP contribution in [0.4, 0.5) is 11.4 Å². The summed E-state index contributed by atoms with van der Waals surface area (Å²) in [7, 11) is 0. The van der Waals surface area contributed by atoms with E-state index in [1.165, 1.54) is 0 Å². The summed E-state index contributed by atoms with van der Waals surface area (Å²) in [5.41, 5.74) is 2.17. The molecule has 0 saturated heterocycles. The molecule has 7 heteroatoms. The number of hydrogen-bond donors (Lipinski definition) is 2. The van der Waals surface area contributed by atoms with E-state index in [0.717, 1.165) is 11.1 Å². The number of ether oxygens (including phenoxy) is 1. The quantitative estimate of drug-likeness (QED) is 0.639. The van der Waals surface area contributed by atoms with Gasteiger partial charge in [0.1, 0.15) is 0 Å². The van der Waals surface area contributed by atoms with Crippen molar-refractivity contribution in [3.05, 3.63) is 58.7 Å². The molecular weight excluding hydrogens is 416 g/mol. The minimum atomic E-state index is -0.594. The van der Waals surface area contributed by atoms with E-state index >= 15 is 0 Å². The van der Waals surface area contributed by atoms with Crippen molar-refractivity contribution in [1.29, 1.82) is 10.5 Å². The Labute approximate surface area is 195 Å². The number of carbonyl (C=O) groups excluding carboxylic acids is 2. The molecule has 7 nitrogen and oxygen atoms in total. The number of amides is 2. The SMILES string of the molecule is CC(C)(C)C(=O)Nc1cc(C#N)ccc1COCc1ccc(C#N)cc1NC(=O)C(C)(C)C. The molecule has 0 unspecified atom stereocenters. The zero-order chi connectivity index (χ0) is 24.8. The molecule has 0 atom stereocenters. The second-order valence-corrected chi connectivity index (χ2v) is 9.87. The zero-order valence-corrected chi connectivity index (χ0v) is 20.0. The number of nitriles is 2. The first-order chi connectivity index (χ1) is 15.3. The number of nitrogens with zero attached hydrogens (tertiary/aromatic N) is 2. The van der Waals surface area contributed by atoms with Gasteiger partial charge in [0.2, 0.25) is 11.8 Å². The molecule has 0 heterocycles. The van der Waals surface area contributed by atoms with Crippen molar-refractivity contribution in [3.63, 3.8) is 0 Å².